The number of nitrogens with zero attached hydrogens (tertiary/aromatic N) is 2. The van der Waals surface area contributed by atoms with Crippen LogP contribution in [-0.4, -0.2) is 50.9 Å². The van der Waals surface area contributed by atoms with Gasteiger partial charge >= 0.3 is 0 Å². The van der Waals surface area contributed by atoms with Gasteiger partial charge in [0, 0.05) is 13.1 Å². The summed E-state index contributed by atoms with van der Waals surface area (Å²) in [6, 6.07) is 16.9. The third-order valence-corrected chi connectivity index (χ3v) is 8.71. The van der Waals surface area contributed by atoms with Crippen LogP contribution in [0.2, 0.25) is 10.0 Å². The Hall–Kier alpha value is -3.27. The summed E-state index contributed by atoms with van der Waals surface area (Å²) in [5.41, 5.74) is 1.80. The molecule has 0 aromatic heterocycles. The summed E-state index contributed by atoms with van der Waals surface area (Å²) in [7, 11) is -4.16. The predicted octanol–water partition coefficient (Wildman–Crippen LogP) is 5.45. The summed E-state index contributed by atoms with van der Waals surface area (Å²) in [6.07, 6.45) is 0. The molecule has 3 aromatic rings. The second-order valence-corrected chi connectivity index (χ2v) is 11.8. The molecular weight excluding hydrogens is 573 g/mol. The molecule has 1 N–H and O–H groups in total. The maximum absolute atomic E-state index is 13.9. The van der Waals surface area contributed by atoms with Crippen molar-refractivity contribution in [2.45, 2.75) is 45.2 Å². The highest BCUT2D eigenvalue weighted by Gasteiger charge is 2.32. The van der Waals surface area contributed by atoms with Crippen molar-refractivity contribution >= 4 is 50.7 Å². The second kappa shape index (κ2) is 13.9. The minimum Gasteiger partial charge on any atom is -0.494 e. The van der Waals surface area contributed by atoms with E-state index in [4.69, 9.17) is 27.9 Å². The van der Waals surface area contributed by atoms with E-state index in [1.807, 2.05) is 13.8 Å². The molecule has 0 aliphatic carbocycles. The molecule has 0 spiro atoms. The number of aryl methyl sites for hydroxylation is 1. The van der Waals surface area contributed by atoms with E-state index < -0.39 is 28.5 Å². The lowest BCUT2D eigenvalue weighted by Crippen LogP contribution is -2.51. The van der Waals surface area contributed by atoms with Crippen molar-refractivity contribution in [1.29, 1.82) is 0 Å². The molecule has 0 bridgehead atoms. The largest absolute Gasteiger partial charge is 0.494 e. The molecular formula is C29H33Cl2N3O5S. The molecule has 3 rings (SSSR count). The molecule has 8 nitrogen and oxygen atoms in total. The summed E-state index contributed by atoms with van der Waals surface area (Å²) in [5.74, 6) is -0.379. The van der Waals surface area contributed by atoms with E-state index in [1.165, 1.54) is 17.0 Å². The minimum atomic E-state index is -4.16. The van der Waals surface area contributed by atoms with Gasteiger partial charge in [0.2, 0.25) is 11.8 Å². The van der Waals surface area contributed by atoms with Gasteiger partial charge in [0.15, 0.2) is 0 Å². The highest BCUT2D eigenvalue weighted by Crippen LogP contribution is 2.28. The molecule has 0 unspecified atom stereocenters. The summed E-state index contributed by atoms with van der Waals surface area (Å²) >= 11 is 12.3. The Morgan fingerprint density at radius 2 is 1.60 bits per heavy atom. The van der Waals surface area contributed by atoms with Crippen LogP contribution >= 0.6 is 23.2 Å². The van der Waals surface area contributed by atoms with Gasteiger partial charge in [-0.3, -0.25) is 13.9 Å². The first-order valence-electron chi connectivity index (χ1n) is 12.8. The Morgan fingerprint density at radius 3 is 2.17 bits per heavy atom. The number of nitrogens with one attached hydrogen (secondary N) is 1. The predicted molar refractivity (Wildman–Crippen MR) is 158 cm³/mol. The lowest BCUT2D eigenvalue weighted by molar-refractivity contribution is -0.139. The smallest absolute Gasteiger partial charge is 0.264 e. The first-order chi connectivity index (χ1) is 19.0. The second-order valence-electron chi connectivity index (χ2n) is 9.09. The maximum atomic E-state index is 13.9. The molecule has 0 fully saturated rings. The topological polar surface area (TPSA) is 96.0 Å². The Kier molecular flexibility index (Phi) is 10.8. The van der Waals surface area contributed by atoms with E-state index in [1.54, 1.807) is 68.4 Å². The zero-order chi connectivity index (χ0) is 29.4. The number of likely N-dealkylation sites (N-methyl/N-ethyl adjacent to an activating group) is 1. The number of hydrogen-bond donors (Lipinski definition) is 1. The minimum absolute atomic E-state index is 0.00964. The van der Waals surface area contributed by atoms with Crippen LogP contribution in [0, 0.1) is 6.92 Å². The molecule has 2 amide bonds. The van der Waals surface area contributed by atoms with Crippen molar-refractivity contribution in [2.24, 2.45) is 0 Å². The summed E-state index contributed by atoms with van der Waals surface area (Å²) in [6.45, 7) is 7.36. The first kappa shape index (κ1) is 31.3. The molecule has 0 heterocycles. The van der Waals surface area contributed by atoms with Gasteiger partial charge in [-0.1, -0.05) is 47.0 Å². The third-order valence-electron chi connectivity index (χ3n) is 6.18. The van der Waals surface area contributed by atoms with E-state index in [-0.39, 0.29) is 23.0 Å². The van der Waals surface area contributed by atoms with Crippen molar-refractivity contribution in [3.05, 3.63) is 87.9 Å². The molecule has 0 aliphatic rings. The fourth-order valence-corrected chi connectivity index (χ4v) is 5.72. The fraction of sp³-hybridized carbons (Fsp3) is 0.310. The number of ether oxygens (including phenoxy) is 1. The molecule has 0 saturated carbocycles. The van der Waals surface area contributed by atoms with Crippen LogP contribution in [0.4, 0.5) is 5.69 Å². The van der Waals surface area contributed by atoms with Gasteiger partial charge in [0.25, 0.3) is 10.0 Å². The van der Waals surface area contributed by atoms with Gasteiger partial charge in [-0.2, -0.15) is 0 Å². The Balaban J connectivity index is 2.04. The van der Waals surface area contributed by atoms with Crippen LogP contribution in [-0.2, 0) is 26.2 Å². The first-order valence-corrected chi connectivity index (χ1v) is 15.0. The summed E-state index contributed by atoms with van der Waals surface area (Å²) in [4.78, 5) is 28.1. The maximum Gasteiger partial charge on any atom is 0.264 e. The zero-order valence-electron chi connectivity index (χ0n) is 22.9. The number of carbonyl (C=O) groups is 2. The van der Waals surface area contributed by atoms with Crippen LogP contribution < -0.4 is 14.4 Å². The monoisotopic (exact) mass is 605 g/mol. The average molecular weight is 607 g/mol. The molecule has 0 aliphatic heterocycles. The van der Waals surface area contributed by atoms with Gasteiger partial charge in [-0.15, -0.1) is 0 Å². The number of carbonyl (C=O) groups excluding carboxylic acids is 2. The van der Waals surface area contributed by atoms with E-state index in [0.29, 0.717) is 34.5 Å². The quantitative estimate of drug-likeness (QED) is 0.296. The van der Waals surface area contributed by atoms with Gasteiger partial charge in [0.1, 0.15) is 18.3 Å². The third kappa shape index (κ3) is 7.68. The standard InChI is InChI=1S/C29H33Cl2N3O5S/c1-5-32-29(36)21(4)33(18-22-9-16-26(30)27(31)17-22)28(35)19-34(23-10-12-24(13-11-23)39-6-2)40(37,38)25-14-7-20(3)8-15-25/h7-17,21H,5-6,18-19H2,1-4H3,(H,32,36)/t21-/m1/s1. The van der Waals surface area contributed by atoms with Crippen molar-refractivity contribution < 1.29 is 22.7 Å². The number of anilines is 1. The van der Waals surface area contributed by atoms with Crippen LogP contribution in [0.15, 0.2) is 71.6 Å². The van der Waals surface area contributed by atoms with Gasteiger partial charge in [-0.05, 0) is 81.8 Å². The summed E-state index contributed by atoms with van der Waals surface area (Å²) < 4.78 is 34.3. The van der Waals surface area contributed by atoms with Crippen molar-refractivity contribution in [2.75, 3.05) is 24.0 Å². The van der Waals surface area contributed by atoms with Crippen LogP contribution in [0.3, 0.4) is 0 Å². The van der Waals surface area contributed by atoms with E-state index >= 15 is 0 Å². The number of amides is 2. The lowest BCUT2D eigenvalue weighted by atomic mass is 10.1. The highest BCUT2D eigenvalue weighted by molar-refractivity contribution is 7.92. The molecule has 0 saturated heterocycles. The fourth-order valence-electron chi connectivity index (χ4n) is 3.98. The Morgan fingerprint density at radius 1 is 0.950 bits per heavy atom. The number of rotatable bonds is 12. The molecule has 214 valence electrons. The number of halogens is 2. The normalized spacial score (nSPS) is 11.9. The zero-order valence-corrected chi connectivity index (χ0v) is 25.2. The van der Waals surface area contributed by atoms with Crippen molar-refractivity contribution in [3.63, 3.8) is 0 Å². The van der Waals surface area contributed by atoms with E-state index in [0.717, 1.165) is 9.87 Å². The van der Waals surface area contributed by atoms with E-state index in [2.05, 4.69) is 5.32 Å². The number of hydrogen-bond acceptors (Lipinski definition) is 5. The van der Waals surface area contributed by atoms with Crippen molar-refractivity contribution in [3.8, 4) is 5.75 Å². The van der Waals surface area contributed by atoms with Crippen LogP contribution in [0.25, 0.3) is 0 Å². The number of benzene rings is 3. The Labute approximate surface area is 245 Å². The van der Waals surface area contributed by atoms with E-state index in [9.17, 15) is 18.0 Å². The molecule has 11 heteroatoms. The lowest BCUT2D eigenvalue weighted by Gasteiger charge is -2.32. The SMILES string of the molecule is CCNC(=O)[C@@H](C)N(Cc1ccc(Cl)c(Cl)c1)C(=O)CN(c1ccc(OCC)cc1)S(=O)(=O)c1ccc(C)cc1. The molecule has 40 heavy (non-hydrogen) atoms. The van der Waals surface area contributed by atoms with Gasteiger partial charge < -0.3 is 15.0 Å². The average Bonchev–Trinajstić information content (AvgIpc) is 2.93. The highest BCUT2D eigenvalue weighted by atomic mass is 35.5. The van der Waals surface area contributed by atoms with Crippen LogP contribution in [0.5, 0.6) is 5.75 Å². The Bertz CT molecular complexity index is 1430. The van der Waals surface area contributed by atoms with Gasteiger partial charge in [0.05, 0.1) is 27.2 Å². The molecule has 1 atom stereocenters. The van der Waals surface area contributed by atoms with Crippen molar-refractivity contribution in [1.82, 2.24) is 10.2 Å². The number of sulfonamides is 1. The molecule has 0 radical (unpaired) electrons. The molecule has 3 aromatic carbocycles. The van der Waals surface area contributed by atoms with Gasteiger partial charge in [-0.25, -0.2) is 8.42 Å². The summed E-state index contributed by atoms with van der Waals surface area (Å²) in [5, 5.41) is 3.38. The van der Waals surface area contributed by atoms with Crippen LogP contribution in [0.1, 0.15) is 31.9 Å².